The quantitative estimate of drug-likeness (QED) is 0.339. The van der Waals surface area contributed by atoms with E-state index in [1.54, 1.807) is 18.2 Å². The highest BCUT2D eigenvalue weighted by molar-refractivity contribution is 14.1. The van der Waals surface area contributed by atoms with Gasteiger partial charge >= 0.3 is 0 Å². The summed E-state index contributed by atoms with van der Waals surface area (Å²) in [6, 6.07) is 9.23. The van der Waals surface area contributed by atoms with E-state index in [0.29, 0.717) is 17.0 Å². The summed E-state index contributed by atoms with van der Waals surface area (Å²) in [4.78, 5) is 10.1. The van der Waals surface area contributed by atoms with Crippen molar-refractivity contribution < 1.29 is 14.8 Å². The molecule has 2 N–H and O–H groups in total. The third-order valence-electron chi connectivity index (χ3n) is 2.74. The maximum absolute atomic E-state index is 10.5. The Labute approximate surface area is 139 Å². The summed E-state index contributed by atoms with van der Waals surface area (Å²) >= 11 is 2.05. The van der Waals surface area contributed by atoms with Gasteiger partial charge in [-0.05, 0) is 52.4 Å². The van der Waals surface area contributed by atoms with Crippen molar-refractivity contribution in [1.82, 2.24) is 0 Å². The molecule has 0 saturated heterocycles. The average molecular weight is 413 g/mol. The number of nitro benzene ring substituents is 1. The predicted octanol–water partition coefficient (Wildman–Crippen LogP) is 3.36. The van der Waals surface area contributed by atoms with Gasteiger partial charge in [-0.25, -0.2) is 0 Å². The van der Waals surface area contributed by atoms with Crippen LogP contribution in [0, 0.1) is 13.7 Å². The summed E-state index contributed by atoms with van der Waals surface area (Å²) < 4.78 is 5.82. The second-order valence-corrected chi connectivity index (χ2v) is 5.39. The Morgan fingerprint density at radius 1 is 1.36 bits per heavy atom. The number of halogens is 1. The molecule has 0 amide bonds. The fourth-order valence-electron chi connectivity index (χ4n) is 1.71. The van der Waals surface area contributed by atoms with Gasteiger partial charge in [0, 0.05) is 12.1 Å². The van der Waals surface area contributed by atoms with Crippen molar-refractivity contribution in [3.05, 3.63) is 55.6 Å². The lowest BCUT2D eigenvalue weighted by Crippen LogP contribution is -1.94. The normalized spacial score (nSPS) is 10.6. The number of methoxy groups -OCH3 is 1. The summed E-state index contributed by atoms with van der Waals surface area (Å²) in [7, 11) is 1.49. The van der Waals surface area contributed by atoms with Crippen LogP contribution in [0.25, 0.3) is 0 Å². The van der Waals surface area contributed by atoms with E-state index in [2.05, 4.69) is 33.1 Å². The Morgan fingerprint density at radius 3 is 2.59 bits per heavy atom. The predicted molar refractivity (Wildman–Crippen MR) is 91.7 cm³/mol. The van der Waals surface area contributed by atoms with E-state index in [-0.39, 0.29) is 11.4 Å². The molecular formula is C14H12IN3O4. The maximum atomic E-state index is 10.5. The fourth-order valence-corrected chi connectivity index (χ4v) is 2.57. The van der Waals surface area contributed by atoms with Gasteiger partial charge in [-0.3, -0.25) is 15.5 Å². The van der Waals surface area contributed by atoms with Crippen molar-refractivity contribution >= 4 is 40.2 Å². The second kappa shape index (κ2) is 7.07. The molecule has 0 aliphatic carbocycles. The molecule has 0 heterocycles. The fraction of sp³-hybridized carbons (Fsp3) is 0.0714. The molecule has 0 fully saturated rings. The number of nitrogens with zero attached hydrogens (tertiary/aromatic N) is 2. The van der Waals surface area contributed by atoms with Gasteiger partial charge in [0.2, 0.25) is 0 Å². The van der Waals surface area contributed by atoms with Gasteiger partial charge in [-0.1, -0.05) is 0 Å². The zero-order valence-corrected chi connectivity index (χ0v) is 13.6. The Morgan fingerprint density at radius 2 is 2.05 bits per heavy atom. The molecule has 114 valence electrons. The topological polar surface area (TPSA) is 97.0 Å². The number of hydrogen-bond acceptors (Lipinski definition) is 6. The first kappa shape index (κ1) is 16.0. The highest BCUT2D eigenvalue weighted by atomic mass is 127. The van der Waals surface area contributed by atoms with Gasteiger partial charge in [0.05, 0.1) is 27.5 Å². The number of hydrazone groups is 1. The zero-order valence-electron chi connectivity index (χ0n) is 11.5. The first-order chi connectivity index (χ1) is 10.5. The lowest BCUT2D eigenvalue weighted by atomic mass is 10.2. The van der Waals surface area contributed by atoms with E-state index in [1.807, 2.05) is 0 Å². The first-order valence-electron chi connectivity index (χ1n) is 6.11. The number of anilines is 1. The minimum absolute atomic E-state index is 0.0177. The summed E-state index contributed by atoms with van der Waals surface area (Å²) in [5, 5.41) is 24.4. The number of phenols is 1. The van der Waals surface area contributed by atoms with Crippen LogP contribution in [-0.4, -0.2) is 23.4 Å². The average Bonchev–Trinajstić information content (AvgIpc) is 2.47. The van der Waals surface area contributed by atoms with Gasteiger partial charge in [-0.2, -0.15) is 5.10 Å². The van der Waals surface area contributed by atoms with Crippen LogP contribution in [0.3, 0.4) is 0 Å². The number of phenolic OH excluding ortho intramolecular Hbond substituents is 1. The molecule has 0 radical (unpaired) electrons. The summed E-state index contributed by atoms with van der Waals surface area (Å²) in [5.41, 5.74) is 4.09. The number of hydrogen-bond donors (Lipinski definition) is 2. The van der Waals surface area contributed by atoms with E-state index in [0.717, 1.165) is 3.57 Å². The van der Waals surface area contributed by atoms with Crippen LogP contribution in [-0.2, 0) is 0 Å². The van der Waals surface area contributed by atoms with Gasteiger partial charge in [0.1, 0.15) is 0 Å². The number of benzene rings is 2. The molecule has 2 aromatic rings. The maximum Gasteiger partial charge on any atom is 0.269 e. The molecule has 0 spiro atoms. The molecule has 0 unspecified atom stereocenters. The third-order valence-corrected chi connectivity index (χ3v) is 3.54. The zero-order chi connectivity index (χ0) is 16.1. The first-order valence-corrected chi connectivity index (χ1v) is 7.19. The Bertz CT molecular complexity index is 694. The number of non-ortho nitro benzene ring substituents is 1. The van der Waals surface area contributed by atoms with Crippen LogP contribution >= 0.6 is 22.6 Å². The molecule has 0 aliphatic rings. The van der Waals surface area contributed by atoms with E-state index < -0.39 is 4.92 Å². The van der Waals surface area contributed by atoms with Gasteiger partial charge in [0.25, 0.3) is 5.69 Å². The largest absolute Gasteiger partial charge is 0.504 e. The SMILES string of the molecule is COc1c(O)cc(C=NNc2ccc([N+](=O)[O-])cc2)cc1I. The van der Waals surface area contributed by atoms with E-state index in [9.17, 15) is 15.2 Å². The summed E-state index contributed by atoms with van der Waals surface area (Å²) in [6.45, 7) is 0. The number of aromatic hydroxyl groups is 1. The highest BCUT2D eigenvalue weighted by Gasteiger charge is 2.07. The molecule has 22 heavy (non-hydrogen) atoms. The number of nitro groups is 1. The van der Waals surface area contributed by atoms with E-state index in [1.165, 1.54) is 31.5 Å². The molecule has 8 heteroatoms. The molecule has 0 saturated carbocycles. The van der Waals surface area contributed by atoms with Crippen LogP contribution < -0.4 is 10.2 Å². The number of ether oxygens (including phenoxy) is 1. The molecule has 7 nitrogen and oxygen atoms in total. The van der Waals surface area contributed by atoms with Gasteiger partial charge in [-0.15, -0.1) is 0 Å². The van der Waals surface area contributed by atoms with Crippen molar-refractivity contribution in [3.8, 4) is 11.5 Å². The van der Waals surface area contributed by atoms with Crippen LogP contribution in [0.4, 0.5) is 11.4 Å². The number of rotatable bonds is 5. The Balaban J connectivity index is 2.08. The Hall–Kier alpha value is -2.36. The molecular weight excluding hydrogens is 401 g/mol. The van der Waals surface area contributed by atoms with Crippen LogP contribution in [0.1, 0.15) is 5.56 Å². The van der Waals surface area contributed by atoms with E-state index in [4.69, 9.17) is 4.74 Å². The minimum Gasteiger partial charge on any atom is -0.504 e. The van der Waals surface area contributed by atoms with Crippen molar-refractivity contribution in [1.29, 1.82) is 0 Å². The summed E-state index contributed by atoms with van der Waals surface area (Å²) in [6.07, 6.45) is 1.53. The number of nitrogens with one attached hydrogen (secondary N) is 1. The van der Waals surface area contributed by atoms with Crippen LogP contribution in [0.2, 0.25) is 0 Å². The molecule has 2 aromatic carbocycles. The smallest absolute Gasteiger partial charge is 0.269 e. The van der Waals surface area contributed by atoms with Crippen molar-refractivity contribution in [3.63, 3.8) is 0 Å². The summed E-state index contributed by atoms with van der Waals surface area (Å²) in [5.74, 6) is 0.451. The Kier molecular flexibility index (Phi) is 5.15. The minimum atomic E-state index is -0.463. The molecule has 0 aliphatic heterocycles. The lowest BCUT2D eigenvalue weighted by molar-refractivity contribution is -0.384. The van der Waals surface area contributed by atoms with Crippen molar-refractivity contribution in [2.45, 2.75) is 0 Å². The standard InChI is InChI=1S/C14H12IN3O4/c1-22-14-12(15)6-9(7-13(14)19)8-16-17-10-2-4-11(5-3-10)18(20)21/h2-8,17,19H,1H3. The van der Waals surface area contributed by atoms with Gasteiger partial charge < -0.3 is 9.84 Å². The second-order valence-electron chi connectivity index (χ2n) is 4.23. The molecule has 0 atom stereocenters. The molecule has 2 rings (SSSR count). The van der Waals surface area contributed by atoms with Crippen molar-refractivity contribution in [2.24, 2.45) is 5.10 Å². The van der Waals surface area contributed by atoms with Crippen molar-refractivity contribution in [2.75, 3.05) is 12.5 Å². The third kappa shape index (κ3) is 3.85. The molecule has 0 bridgehead atoms. The van der Waals surface area contributed by atoms with Gasteiger partial charge in [0.15, 0.2) is 11.5 Å². The molecule has 0 aromatic heterocycles. The highest BCUT2D eigenvalue weighted by Crippen LogP contribution is 2.32. The van der Waals surface area contributed by atoms with Crippen LogP contribution in [0.5, 0.6) is 11.5 Å². The van der Waals surface area contributed by atoms with Crippen LogP contribution in [0.15, 0.2) is 41.5 Å². The lowest BCUT2D eigenvalue weighted by Gasteiger charge is -2.06. The monoisotopic (exact) mass is 413 g/mol. The van der Waals surface area contributed by atoms with E-state index >= 15 is 0 Å².